The van der Waals surface area contributed by atoms with Gasteiger partial charge in [-0.05, 0) is 25.8 Å². The second-order valence-electron chi connectivity index (χ2n) is 5.15. The molecule has 0 heterocycles. The van der Waals surface area contributed by atoms with Crippen molar-refractivity contribution in [2.45, 2.75) is 39.9 Å². The smallest absolute Gasteiger partial charge is 0.123 e. The van der Waals surface area contributed by atoms with Crippen molar-refractivity contribution in [1.29, 1.82) is 0 Å². The van der Waals surface area contributed by atoms with E-state index in [0.29, 0.717) is 12.2 Å². The minimum Gasteiger partial charge on any atom is -0.491 e. The number of benzene rings is 1. The summed E-state index contributed by atoms with van der Waals surface area (Å²) in [5, 5.41) is 12.9. The number of hydrogen-bond acceptors (Lipinski definition) is 4. The molecular formula is C14H24N2O2. The lowest BCUT2D eigenvalue weighted by atomic mass is 10.1. The van der Waals surface area contributed by atoms with Crippen molar-refractivity contribution >= 4 is 11.4 Å². The fraction of sp³-hybridized carbons (Fsp3) is 0.571. The average Bonchev–Trinajstić information content (AvgIpc) is 2.23. The predicted molar refractivity (Wildman–Crippen MR) is 76.0 cm³/mol. The van der Waals surface area contributed by atoms with Gasteiger partial charge >= 0.3 is 0 Å². The van der Waals surface area contributed by atoms with Crippen molar-refractivity contribution in [2.24, 2.45) is 5.92 Å². The summed E-state index contributed by atoms with van der Waals surface area (Å²) in [6, 6.07) is 5.52. The van der Waals surface area contributed by atoms with Crippen LogP contribution in [0.5, 0.6) is 5.75 Å². The Balaban J connectivity index is 2.68. The molecule has 0 bridgehead atoms. The van der Waals surface area contributed by atoms with Crippen LogP contribution in [0.4, 0.5) is 11.4 Å². The molecule has 0 aliphatic carbocycles. The average molecular weight is 252 g/mol. The molecule has 1 aromatic rings. The highest BCUT2D eigenvalue weighted by molar-refractivity contribution is 5.59. The van der Waals surface area contributed by atoms with Crippen molar-refractivity contribution in [1.82, 2.24) is 0 Å². The highest BCUT2D eigenvalue weighted by atomic mass is 16.5. The lowest BCUT2D eigenvalue weighted by molar-refractivity contribution is 0.138. The summed E-state index contributed by atoms with van der Waals surface area (Å²) in [6.07, 6.45) is -0.262. The highest BCUT2D eigenvalue weighted by Crippen LogP contribution is 2.23. The molecule has 102 valence electrons. The maximum Gasteiger partial charge on any atom is 0.123 e. The van der Waals surface area contributed by atoms with E-state index < -0.39 is 0 Å². The Kier molecular flexibility index (Phi) is 5.28. The van der Waals surface area contributed by atoms with Crippen LogP contribution in [0, 0.1) is 5.92 Å². The summed E-state index contributed by atoms with van der Waals surface area (Å²) in [4.78, 5) is 0. The summed E-state index contributed by atoms with van der Waals surface area (Å²) in [5.74, 6) is 0.969. The van der Waals surface area contributed by atoms with Gasteiger partial charge in [-0.1, -0.05) is 13.8 Å². The van der Waals surface area contributed by atoms with Crippen molar-refractivity contribution < 1.29 is 9.84 Å². The SMILES string of the molecule is CC(C)Oc1cc(N)cc(NCC(O)C(C)C)c1. The number of rotatable bonds is 6. The molecule has 0 saturated carbocycles. The number of hydrogen-bond donors (Lipinski definition) is 3. The number of nitrogen functional groups attached to an aromatic ring is 1. The molecule has 4 heteroatoms. The Morgan fingerprint density at radius 1 is 1.22 bits per heavy atom. The number of aliphatic hydroxyl groups is 1. The Bertz CT molecular complexity index is 378. The van der Waals surface area contributed by atoms with Gasteiger partial charge < -0.3 is 20.9 Å². The molecule has 18 heavy (non-hydrogen) atoms. The van der Waals surface area contributed by atoms with Crippen LogP contribution < -0.4 is 15.8 Å². The van der Waals surface area contributed by atoms with E-state index in [2.05, 4.69) is 5.32 Å². The summed E-state index contributed by atoms with van der Waals surface area (Å²) in [5.41, 5.74) is 7.33. The molecule has 0 amide bonds. The first-order chi connectivity index (χ1) is 8.38. The number of nitrogens with one attached hydrogen (secondary N) is 1. The predicted octanol–water partition coefficient (Wildman–Crippen LogP) is 2.48. The van der Waals surface area contributed by atoms with Crippen LogP contribution in [0.1, 0.15) is 27.7 Å². The van der Waals surface area contributed by atoms with E-state index in [1.54, 1.807) is 6.07 Å². The molecule has 4 N–H and O–H groups in total. The normalized spacial score (nSPS) is 12.8. The number of ether oxygens (including phenoxy) is 1. The highest BCUT2D eigenvalue weighted by Gasteiger charge is 2.09. The van der Waals surface area contributed by atoms with E-state index in [0.717, 1.165) is 11.4 Å². The van der Waals surface area contributed by atoms with Crippen LogP contribution in [-0.2, 0) is 0 Å². The third-order valence-electron chi connectivity index (χ3n) is 2.59. The molecule has 1 rings (SSSR count). The first-order valence-corrected chi connectivity index (χ1v) is 6.37. The minimum absolute atomic E-state index is 0.112. The standard InChI is InChI=1S/C14H24N2O2/c1-9(2)14(17)8-16-12-5-11(15)6-13(7-12)18-10(3)4/h5-7,9-10,14,16-17H,8,15H2,1-4H3. The van der Waals surface area contributed by atoms with Gasteiger partial charge in [0.05, 0.1) is 12.2 Å². The van der Waals surface area contributed by atoms with Crippen molar-refractivity contribution in [3.05, 3.63) is 18.2 Å². The molecule has 0 aliphatic rings. The largest absolute Gasteiger partial charge is 0.491 e. The van der Waals surface area contributed by atoms with Gasteiger partial charge in [0.15, 0.2) is 0 Å². The molecule has 0 fully saturated rings. The van der Waals surface area contributed by atoms with Gasteiger partial charge in [-0.25, -0.2) is 0 Å². The van der Waals surface area contributed by atoms with Gasteiger partial charge in [0, 0.05) is 30.1 Å². The van der Waals surface area contributed by atoms with Crippen LogP contribution in [-0.4, -0.2) is 23.9 Å². The van der Waals surface area contributed by atoms with Crippen molar-refractivity contribution in [3.63, 3.8) is 0 Å². The van der Waals surface area contributed by atoms with Crippen LogP contribution in [0.3, 0.4) is 0 Å². The zero-order valence-corrected chi connectivity index (χ0v) is 11.6. The summed E-state index contributed by atoms with van der Waals surface area (Å²) < 4.78 is 5.61. The molecule has 0 radical (unpaired) electrons. The van der Waals surface area contributed by atoms with Gasteiger partial charge in [-0.2, -0.15) is 0 Å². The number of nitrogens with two attached hydrogens (primary N) is 1. The van der Waals surface area contributed by atoms with Gasteiger partial charge in [-0.15, -0.1) is 0 Å². The molecule has 0 aromatic heterocycles. The maximum atomic E-state index is 9.75. The van der Waals surface area contributed by atoms with Crippen molar-refractivity contribution in [2.75, 3.05) is 17.6 Å². The van der Waals surface area contributed by atoms with Gasteiger partial charge in [0.2, 0.25) is 0 Å². The molecule has 0 saturated heterocycles. The molecule has 0 spiro atoms. The quantitative estimate of drug-likeness (QED) is 0.680. The first kappa shape index (κ1) is 14.6. The third-order valence-corrected chi connectivity index (χ3v) is 2.59. The molecule has 1 unspecified atom stereocenters. The maximum absolute atomic E-state index is 9.75. The number of anilines is 2. The fourth-order valence-corrected chi connectivity index (χ4v) is 1.52. The van der Waals surface area contributed by atoms with Gasteiger partial charge in [0.1, 0.15) is 5.75 Å². The van der Waals surface area contributed by atoms with Crippen molar-refractivity contribution in [3.8, 4) is 5.75 Å². The molecule has 1 atom stereocenters. The van der Waals surface area contributed by atoms with E-state index in [1.165, 1.54) is 0 Å². The second kappa shape index (κ2) is 6.50. The third kappa shape index (κ3) is 4.84. The Morgan fingerprint density at radius 3 is 2.44 bits per heavy atom. The second-order valence-corrected chi connectivity index (χ2v) is 5.15. The zero-order valence-electron chi connectivity index (χ0n) is 11.6. The lowest BCUT2D eigenvalue weighted by Gasteiger charge is -2.17. The first-order valence-electron chi connectivity index (χ1n) is 6.37. The van der Waals surface area contributed by atoms with Crippen LogP contribution in [0.25, 0.3) is 0 Å². The molecule has 4 nitrogen and oxygen atoms in total. The van der Waals surface area contributed by atoms with Crippen LogP contribution in [0.15, 0.2) is 18.2 Å². The monoisotopic (exact) mass is 252 g/mol. The fourth-order valence-electron chi connectivity index (χ4n) is 1.52. The molecular weight excluding hydrogens is 228 g/mol. The Morgan fingerprint density at radius 2 is 1.89 bits per heavy atom. The van der Waals surface area contributed by atoms with E-state index >= 15 is 0 Å². The lowest BCUT2D eigenvalue weighted by Crippen LogP contribution is -2.24. The summed E-state index contributed by atoms with van der Waals surface area (Å²) in [6.45, 7) is 8.41. The van der Waals surface area contributed by atoms with E-state index in [1.807, 2.05) is 39.8 Å². The van der Waals surface area contributed by atoms with Crippen LogP contribution >= 0.6 is 0 Å². The number of aliphatic hydroxyl groups excluding tert-OH is 1. The van der Waals surface area contributed by atoms with E-state index in [-0.39, 0.29) is 18.1 Å². The topological polar surface area (TPSA) is 67.5 Å². The minimum atomic E-state index is -0.374. The summed E-state index contributed by atoms with van der Waals surface area (Å²) >= 11 is 0. The molecule has 1 aromatic carbocycles. The van der Waals surface area contributed by atoms with Gasteiger partial charge in [-0.3, -0.25) is 0 Å². The summed E-state index contributed by atoms with van der Waals surface area (Å²) in [7, 11) is 0. The zero-order chi connectivity index (χ0) is 13.7. The van der Waals surface area contributed by atoms with E-state index in [9.17, 15) is 5.11 Å². The van der Waals surface area contributed by atoms with E-state index in [4.69, 9.17) is 10.5 Å². The Hall–Kier alpha value is -1.42. The Labute approximate surface area is 109 Å². The van der Waals surface area contributed by atoms with Gasteiger partial charge in [0.25, 0.3) is 0 Å². The van der Waals surface area contributed by atoms with Crippen LogP contribution in [0.2, 0.25) is 0 Å². The molecule has 0 aliphatic heterocycles.